The maximum atomic E-state index is 12.8. The van der Waals surface area contributed by atoms with Crippen molar-refractivity contribution in [2.24, 2.45) is 5.92 Å². The van der Waals surface area contributed by atoms with Crippen LogP contribution in [0.1, 0.15) is 46.8 Å². The zero-order valence-corrected chi connectivity index (χ0v) is 18.7. The smallest absolute Gasteiger partial charge is 0.416 e. The Hall–Kier alpha value is -2.74. The van der Waals surface area contributed by atoms with Crippen molar-refractivity contribution in [1.29, 1.82) is 0 Å². The zero-order valence-electron chi connectivity index (χ0n) is 18.7. The van der Waals surface area contributed by atoms with Crippen LogP contribution in [0.5, 0.6) is 11.5 Å². The van der Waals surface area contributed by atoms with Gasteiger partial charge in [0, 0.05) is 29.9 Å². The first kappa shape index (κ1) is 22.1. The Morgan fingerprint density at radius 3 is 2.58 bits per heavy atom. The van der Waals surface area contributed by atoms with Crippen LogP contribution in [-0.2, 0) is 22.9 Å². The van der Waals surface area contributed by atoms with Gasteiger partial charge in [-0.05, 0) is 55.9 Å². The van der Waals surface area contributed by atoms with Crippen molar-refractivity contribution in [3.63, 3.8) is 0 Å². The van der Waals surface area contributed by atoms with Crippen LogP contribution in [0.15, 0.2) is 36.4 Å². The number of hydrogen-bond acceptors (Lipinski definition) is 5. The average Bonchev–Trinajstić information content (AvgIpc) is 3.17. The van der Waals surface area contributed by atoms with Gasteiger partial charge >= 0.3 is 12.1 Å². The van der Waals surface area contributed by atoms with E-state index < -0.39 is 23.8 Å². The van der Waals surface area contributed by atoms with E-state index >= 15 is 0 Å². The molecule has 2 aromatic carbocycles. The third-order valence-electron chi connectivity index (χ3n) is 7.60. The molecule has 0 bridgehead atoms. The molecule has 0 radical (unpaired) electrons. The fraction of sp³-hybridized carbons (Fsp3) is 0.480. The highest BCUT2D eigenvalue weighted by Crippen LogP contribution is 2.61. The first-order chi connectivity index (χ1) is 15.6. The lowest BCUT2D eigenvalue weighted by molar-refractivity contribution is -0.137. The van der Waals surface area contributed by atoms with E-state index in [2.05, 4.69) is 24.9 Å². The summed E-state index contributed by atoms with van der Waals surface area (Å²) in [7, 11) is 3.72. The minimum absolute atomic E-state index is 0.0282. The number of nitrogens with zero attached hydrogens (tertiary/aromatic N) is 1. The van der Waals surface area contributed by atoms with Crippen LogP contribution in [0.3, 0.4) is 0 Å². The molecule has 3 aliphatic rings. The Labute approximate surface area is 190 Å². The van der Waals surface area contributed by atoms with Crippen molar-refractivity contribution in [2.45, 2.75) is 50.1 Å². The highest BCUT2D eigenvalue weighted by Gasteiger charge is 2.62. The second-order valence-corrected chi connectivity index (χ2v) is 9.31. The SMILES string of the molecule is COc1ccc2c3c1OC1C[C@@H](OC(=O)c4ccc(C(F)(F)F)cc4)C(C)[C@@]31CCN(C)C2. The Bertz CT molecular complexity index is 1080. The summed E-state index contributed by atoms with van der Waals surface area (Å²) in [4.78, 5) is 15.1. The van der Waals surface area contributed by atoms with Gasteiger partial charge in [-0.25, -0.2) is 4.79 Å². The van der Waals surface area contributed by atoms with Gasteiger partial charge in [-0.1, -0.05) is 13.0 Å². The van der Waals surface area contributed by atoms with Gasteiger partial charge in [-0.3, -0.25) is 0 Å². The largest absolute Gasteiger partial charge is 0.493 e. The van der Waals surface area contributed by atoms with Gasteiger partial charge in [0.2, 0.25) is 0 Å². The Morgan fingerprint density at radius 2 is 1.91 bits per heavy atom. The summed E-state index contributed by atoms with van der Waals surface area (Å²) in [5, 5.41) is 0. The van der Waals surface area contributed by atoms with E-state index in [4.69, 9.17) is 14.2 Å². The molecule has 8 heteroatoms. The monoisotopic (exact) mass is 461 g/mol. The van der Waals surface area contributed by atoms with Crippen LogP contribution in [0.25, 0.3) is 0 Å². The lowest BCUT2D eigenvalue weighted by atomic mass is 9.69. The fourth-order valence-electron chi connectivity index (χ4n) is 5.87. The van der Waals surface area contributed by atoms with Gasteiger partial charge < -0.3 is 19.1 Å². The number of carbonyl (C=O) groups excluding carboxylic acids is 1. The van der Waals surface area contributed by atoms with Crippen LogP contribution in [0.4, 0.5) is 13.2 Å². The number of rotatable bonds is 3. The van der Waals surface area contributed by atoms with Crippen molar-refractivity contribution >= 4 is 5.97 Å². The second kappa shape index (κ2) is 7.65. The quantitative estimate of drug-likeness (QED) is 0.614. The normalized spacial score (nSPS) is 28.5. The Morgan fingerprint density at radius 1 is 1.18 bits per heavy atom. The molecule has 5 nitrogen and oxygen atoms in total. The van der Waals surface area contributed by atoms with E-state index in [1.807, 2.05) is 6.07 Å². The molecule has 4 atom stereocenters. The van der Waals surface area contributed by atoms with E-state index in [9.17, 15) is 18.0 Å². The number of methoxy groups -OCH3 is 1. The first-order valence-corrected chi connectivity index (χ1v) is 11.1. The average molecular weight is 461 g/mol. The van der Waals surface area contributed by atoms with Crippen molar-refractivity contribution in [3.05, 3.63) is 58.7 Å². The number of benzene rings is 2. The molecular weight excluding hydrogens is 435 g/mol. The van der Waals surface area contributed by atoms with E-state index in [0.29, 0.717) is 12.2 Å². The summed E-state index contributed by atoms with van der Waals surface area (Å²) in [6, 6.07) is 8.16. The highest BCUT2D eigenvalue weighted by atomic mass is 19.4. The summed E-state index contributed by atoms with van der Waals surface area (Å²) < 4.78 is 56.4. The van der Waals surface area contributed by atoms with Gasteiger partial charge in [-0.2, -0.15) is 13.2 Å². The van der Waals surface area contributed by atoms with Gasteiger partial charge in [0.1, 0.15) is 12.2 Å². The molecule has 1 fully saturated rings. The highest BCUT2D eigenvalue weighted by molar-refractivity contribution is 5.89. The third-order valence-corrected chi connectivity index (χ3v) is 7.60. The molecule has 1 spiro atoms. The lowest BCUT2D eigenvalue weighted by Gasteiger charge is -2.34. The molecule has 33 heavy (non-hydrogen) atoms. The van der Waals surface area contributed by atoms with Crippen LogP contribution in [0, 0.1) is 5.92 Å². The van der Waals surface area contributed by atoms with Crippen molar-refractivity contribution in [1.82, 2.24) is 4.90 Å². The number of hydrogen-bond donors (Lipinski definition) is 0. The van der Waals surface area contributed by atoms with Gasteiger partial charge in [0.25, 0.3) is 0 Å². The molecular formula is C25H26F3NO4. The van der Waals surface area contributed by atoms with Crippen LogP contribution in [-0.4, -0.2) is 43.8 Å². The topological polar surface area (TPSA) is 48.0 Å². The maximum Gasteiger partial charge on any atom is 0.416 e. The molecule has 2 aliphatic heterocycles. The fourth-order valence-corrected chi connectivity index (χ4v) is 5.87. The van der Waals surface area contributed by atoms with Crippen LogP contribution in [0.2, 0.25) is 0 Å². The molecule has 176 valence electrons. The summed E-state index contributed by atoms with van der Waals surface area (Å²) in [6.07, 6.45) is -3.63. The molecule has 0 amide bonds. The number of esters is 1. The number of ether oxygens (including phenoxy) is 3. The summed E-state index contributed by atoms with van der Waals surface area (Å²) in [5.74, 6) is 0.848. The predicted molar refractivity (Wildman–Crippen MR) is 114 cm³/mol. The molecule has 0 N–H and O–H groups in total. The molecule has 2 unspecified atom stereocenters. The molecule has 0 aromatic heterocycles. The number of halogens is 3. The van der Waals surface area contributed by atoms with Gasteiger partial charge in [-0.15, -0.1) is 0 Å². The minimum Gasteiger partial charge on any atom is -0.493 e. The van der Waals surface area contributed by atoms with Crippen molar-refractivity contribution < 1.29 is 32.2 Å². The first-order valence-electron chi connectivity index (χ1n) is 11.1. The van der Waals surface area contributed by atoms with E-state index in [-0.39, 0.29) is 23.0 Å². The molecule has 2 aromatic rings. The zero-order chi connectivity index (χ0) is 23.5. The number of carbonyl (C=O) groups is 1. The Kier molecular flexibility index (Phi) is 5.12. The van der Waals surface area contributed by atoms with E-state index in [1.54, 1.807) is 7.11 Å². The molecule has 0 saturated heterocycles. The summed E-state index contributed by atoms with van der Waals surface area (Å²) in [6.45, 7) is 3.75. The summed E-state index contributed by atoms with van der Waals surface area (Å²) >= 11 is 0. The van der Waals surface area contributed by atoms with Gasteiger partial charge in [0.15, 0.2) is 11.5 Å². The standard InChI is InChI=1S/C25H26F3NO4/c1-14-19(32-23(30)15-4-7-17(8-5-15)25(26,27)28)12-20-24(14)10-11-29(2)13-16-6-9-18(31-3)22(33-20)21(16)24/h4-9,14,19-20H,10-13H2,1-3H3/t14?,19-,20?,24-/m1/s1. The maximum absolute atomic E-state index is 12.8. The molecule has 5 rings (SSSR count). The second-order valence-electron chi connectivity index (χ2n) is 9.31. The minimum atomic E-state index is -4.45. The van der Waals surface area contributed by atoms with E-state index in [0.717, 1.165) is 43.0 Å². The third kappa shape index (κ3) is 3.38. The van der Waals surface area contributed by atoms with Crippen LogP contribution >= 0.6 is 0 Å². The van der Waals surface area contributed by atoms with Gasteiger partial charge in [0.05, 0.1) is 18.2 Å². The Balaban J connectivity index is 1.44. The summed E-state index contributed by atoms with van der Waals surface area (Å²) in [5.41, 5.74) is 1.34. The number of alkyl halides is 3. The van der Waals surface area contributed by atoms with Crippen LogP contribution < -0.4 is 9.47 Å². The molecule has 2 heterocycles. The lowest BCUT2D eigenvalue weighted by Crippen LogP contribution is -2.40. The van der Waals surface area contributed by atoms with Crippen molar-refractivity contribution in [2.75, 3.05) is 20.7 Å². The van der Waals surface area contributed by atoms with E-state index in [1.165, 1.54) is 17.7 Å². The molecule has 1 aliphatic carbocycles. The predicted octanol–water partition coefficient (Wildman–Crippen LogP) is 4.81. The molecule has 1 saturated carbocycles. The van der Waals surface area contributed by atoms with Crippen molar-refractivity contribution in [3.8, 4) is 11.5 Å².